The van der Waals surface area contributed by atoms with Crippen LogP contribution in [0.5, 0.6) is 0 Å². The summed E-state index contributed by atoms with van der Waals surface area (Å²) in [4.78, 5) is 38.5. The number of nitrogens with zero attached hydrogens (tertiary/aromatic N) is 2. The third-order valence-electron chi connectivity index (χ3n) is 5.57. The maximum atomic E-state index is 13.2. The van der Waals surface area contributed by atoms with Crippen molar-refractivity contribution in [2.45, 2.75) is 38.5 Å². The summed E-state index contributed by atoms with van der Waals surface area (Å²) in [6, 6.07) is 11.6. The Hall–Kier alpha value is -2.99. The summed E-state index contributed by atoms with van der Waals surface area (Å²) in [5, 5.41) is 11.7. The Morgan fingerprint density at radius 3 is 2.69 bits per heavy atom. The van der Waals surface area contributed by atoms with Crippen LogP contribution in [-0.2, 0) is 9.59 Å². The van der Waals surface area contributed by atoms with E-state index in [1.807, 2.05) is 13.0 Å². The third kappa shape index (κ3) is 3.44. The van der Waals surface area contributed by atoms with Gasteiger partial charge in [0.25, 0.3) is 5.69 Å². The first kappa shape index (κ1) is 19.3. The van der Waals surface area contributed by atoms with Crippen molar-refractivity contribution in [1.29, 1.82) is 0 Å². The topological polar surface area (TPSA) is 80.5 Å². The predicted octanol–water partition coefficient (Wildman–Crippen LogP) is 5.08. The second kappa shape index (κ2) is 7.44. The molecule has 0 fully saturated rings. The molecule has 1 aliphatic heterocycles. The molecule has 0 saturated carbocycles. The minimum atomic E-state index is -0.471. The van der Waals surface area contributed by atoms with E-state index in [4.69, 9.17) is 11.6 Å². The van der Waals surface area contributed by atoms with Crippen LogP contribution in [0.3, 0.4) is 0 Å². The zero-order valence-corrected chi connectivity index (χ0v) is 16.6. The zero-order chi connectivity index (χ0) is 20.7. The number of non-ortho nitro benzene ring substituents is 1. The monoisotopic (exact) mass is 410 g/mol. The van der Waals surface area contributed by atoms with E-state index in [1.165, 1.54) is 12.1 Å². The zero-order valence-electron chi connectivity index (χ0n) is 15.9. The van der Waals surface area contributed by atoms with Gasteiger partial charge in [-0.15, -0.1) is 0 Å². The maximum Gasteiger partial charge on any atom is 0.269 e. The van der Waals surface area contributed by atoms with Crippen molar-refractivity contribution in [2.24, 2.45) is 0 Å². The number of halogens is 1. The molecular weight excluding hydrogens is 392 g/mol. The summed E-state index contributed by atoms with van der Waals surface area (Å²) in [7, 11) is 0. The summed E-state index contributed by atoms with van der Waals surface area (Å²) >= 11 is 6.17. The average Bonchev–Trinajstić information content (AvgIpc) is 2.70. The van der Waals surface area contributed by atoms with Gasteiger partial charge < -0.3 is 0 Å². The van der Waals surface area contributed by atoms with Crippen LogP contribution in [0.1, 0.15) is 42.7 Å². The second-order valence-electron chi connectivity index (χ2n) is 7.41. The van der Waals surface area contributed by atoms with Crippen LogP contribution < -0.4 is 4.90 Å². The molecule has 1 aliphatic carbocycles. The number of carbonyl (C=O) groups excluding carboxylic acids is 2. The highest BCUT2D eigenvalue weighted by molar-refractivity contribution is 6.31. The molecule has 29 heavy (non-hydrogen) atoms. The van der Waals surface area contributed by atoms with Gasteiger partial charge in [-0.05, 0) is 43.0 Å². The number of nitro benzene ring substituents is 1. The minimum absolute atomic E-state index is 0.0000581. The van der Waals surface area contributed by atoms with Crippen LogP contribution in [0.4, 0.5) is 11.4 Å². The Morgan fingerprint density at radius 2 is 1.93 bits per heavy atom. The van der Waals surface area contributed by atoms with Crippen LogP contribution in [-0.4, -0.2) is 16.6 Å². The quantitative estimate of drug-likeness (QED) is 0.521. The highest BCUT2D eigenvalue weighted by Gasteiger charge is 2.40. The lowest BCUT2D eigenvalue weighted by molar-refractivity contribution is -0.384. The molecule has 1 amide bonds. The first-order valence-electron chi connectivity index (χ1n) is 9.46. The fraction of sp³-hybridized carbons (Fsp3) is 0.273. The molecule has 0 spiro atoms. The first-order valence-corrected chi connectivity index (χ1v) is 9.84. The summed E-state index contributed by atoms with van der Waals surface area (Å²) < 4.78 is 0. The Labute approximate surface area is 172 Å². The molecule has 4 rings (SSSR count). The number of Topliss-reactive ketones (excluding diaryl/α,β-unsaturated/α-hetero) is 1. The van der Waals surface area contributed by atoms with E-state index < -0.39 is 10.8 Å². The molecule has 2 aromatic rings. The van der Waals surface area contributed by atoms with E-state index in [-0.39, 0.29) is 23.8 Å². The number of allylic oxidation sites excluding steroid dienone is 2. The van der Waals surface area contributed by atoms with Crippen molar-refractivity contribution in [2.75, 3.05) is 4.90 Å². The Kier molecular flexibility index (Phi) is 4.96. The van der Waals surface area contributed by atoms with Gasteiger partial charge in [-0.3, -0.25) is 24.6 Å². The molecule has 0 N–H and O–H groups in total. The third-order valence-corrected chi connectivity index (χ3v) is 5.81. The van der Waals surface area contributed by atoms with E-state index in [9.17, 15) is 19.7 Å². The maximum absolute atomic E-state index is 13.2. The minimum Gasteiger partial charge on any atom is -0.294 e. The van der Waals surface area contributed by atoms with E-state index in [2.05, 4.69) is 0 Å². The standard InChI is InChI=1S/C22H19ClN2O4/c1-13-8-9-15(23)11-19(13)24-18-6-3-7-20(26)22(18)17(12-21(24)27)14-4-2-5-16(10-14)25(28)29/h2,4-5,8-11,17H,3,6-7,12H2,1H3. The molecule has 1 atom stereocenters. The number of aryl methyl sites for hydroxylation is 1. The van der Waals surface area contributed by atoms with Gasteiger partial charge in [-0.2, -0.15) is 0 Å². The molecule has 7 heteroatoms. The second-order valence-corrected chi connectivity index (χ2v) is 7.84. The molecule has 6 nitrogen and oxygen atoms in total. The number of ketones is 1. The van der Waals surface area contributed by atoms with Gasteiger partial charge in [0.2, 0.25) is 5.91 Å². The van der Waals surface area contributed by atoms with Crippen molar-refractivity contribution in [3.63, 3.8) is 0 Å². The first-order chi connectivity index (χ1) is 13.9. The molecule has 0 saturated heterocycles. The SMILES string of the molecule is Cc1ccc(Cl)cc1N1C(=O)CC(c2cccc([N+](=O)[O-])c2)C2=C1CCCC2=O. The molecule has 1 heterocycles. The van der Waals surface area contributed by atoms with Gasteiger partial charge >= 0.3 is 0 Å². The number of rotatable bonds is 3. The summed E-state index contributed by atoms with van der Waals surface area (Å²) in [5.74, 6) is -0.610. The summed E-state index contributed by atoms with van der Waals surface area (Å²) in [6.45, 7) is 1.90. The van der Waals surface area contributed by atoms with E-state index in [0.717, 1.165) is 5.56 Å². The van der Waals surface area contributed by atoms with Gasteiger partial charge in [0.05, 0.1) is 10.6 Å². The Bertz CT molecular complexity index is 1080. The van der Waals surface area contributed by atoms with Crippen molar-refractivity contribution < 1.29 is 14.5 Å². The number of amides is 1. The molecule has 2 aliphatic rings. The molecule has 0 radical (unpaired) electrons. The fourth-order valence-electron chi connectivity index (χ4n) is 4.24. The van der Waals surface area contributed by atoms with Crippen molar-refractivity contribution in [1.82, 2.24) is 0 Å². The van der Waals surface area contributed by atoms with Gasteiger partial charge in [-0.1, -0.05) is 29.8 Å². The molecular formula is C22H19ClN2O4. The highest BCUT2D eigenvalue weighted by atomic mass is 35.5. The number of benzene rings is 2. The van der Waals surface area contributed by atoms with E-state index in [1.54, 1.807) is 29.2 Å². The predicted molar refractivity (Wildman–Crippen MR) is 110 cm³/mol. The van der Waals surface area contributed by atoms with Gasteiger partial charge in [0, 0.05) is 47.2 Å². The molecule has 1 unspecified atom stereocenters. The number of nitro groups is 1. The molecule has 0 aromatic heterocycles. The van der Waals surface area contributed by atoms with Crippen LogP contribution in [0.25, 0.3) is 0 Å². The molecule has 148 valence electrons. The van der Waals surface area contributed by atoms with Crippen molar-refractivity contribution in [3.05, 3.63) is 80.0 Å². The lowest BCUT2D eigenvalue weighted by Crippen LogP contribution is -2.40. The van der Waals surface area contributed by atoms with Gasteiger partial charge in [-0.25, -0.2) is 0 Å². The Morgan fingerprint density at radius 1 is 1.14 bits per heavy atom. The lowest BCUT2D eigenvalue weighted by Gasteiger charge is -2.39. The van der Waals surface area contributed by atoms with Crippen LogP contribution >= 0.6 is 11.6 Å². The largest absolute Gasteiger partial charge is 0.294 e. The van der Waals surface area contributed by atoms with E-state index >= 15 is 0 Å². The lowest BCUT2D eigenvalue weighted by atomic mass is 9.77. The fourth-order valence-corrected chi connectivity index (χ4v) is 4.40. The normalized spacial score (nSPS) is 19.4. The van der Waals surface area contributed by atoms with Crippen LogP contribution in [0.2, 0.25) is 5.02 Å². The number of hydrogen-bond donors (Lipinski definition) is 0. The Balaban J connectivity index is 1.88. The molecule has 0 bridgehead atoms. The van der Waals surface area contributed by atoms with Crippen molar-refractivity contribution in [3.8, 4) is 0 Å². The number of anilines is 1. The van der Waals surface area contributed by atoms with E-state index in [0.29, 0.717) is 46.8 Å². The summed E-state index contributed by atoms with van der Waals surface area (Å²) in [5.41, 5.74) is 3.44. The van der Waals surface area contributed by atoms with Gasteiger partial charge in [0.1, 0.15) is 0 Å². The number of carbonyl (C=O) groups is 2. The van der Waals surface area contributed by atoms with Crippen molar-refractivity contribution >= 4 is 34.7 Å². The van der Waals surface area contributed by atoms with Gasteiger partial charge in [0.15, 0.2) is 5.78 Å². The highest BCUT2D eigenvalue weighted by Crippen LogP contribution is 2.44. The van der Waals surface area contributed by atoms with Crippen LogP contribution in [0.15, 0.2) is 53.7 Å². The van der Waals surface area contributed by atoms with Crippen LogP contribution in [0, 0.1) is 17.0 Å². The molecule has 2 aromatic carbocycles. The number of hydrogen-bond acceptors (Lipinski definition) is 4. The average molecular weight is 411 g/mol. The summed E-state index contributed by atoms with van der Waals surface area (Å²) in [6.07, 6.45) is 1.77. The smallest absolute Gasteiger partial charge is 0.269 e.